The van der Waals surface area contributed by atoms with Crippen molar-refractivity contribution in [2.75, 3.05) is 10.4 Å². The van der Waals surface area contributed by atoms with E-state index in [1.165, 1.54) is 5.01 Å². The zero-order valence-electron chi connectivity index (χ0n) is 11.4. The molecule has 104 valence electrons. The number of hydrazine groups is 1. The van der Waals surface area contributed by atoms with Crippen LogP contribution in [0, 0.1) is 0 Å². The number of aromatic nitrogens is 1. The Morgan fingerprint density at radius 1 is 0.857 bits per heavy atom. The van der Waals surface area contributed by atoms with E-state index < -0.39 is 0 Å². The van der Waals surface area contributed by atoms with Crippen LogP contribution in [0.3, 0.4) is 0 Å². The number of para-hydroxylation sites is 2. The summed E-state index contributed by atoms with van der Waals surface area (Å²) in [6, 6.07) is 22.7. The summed E-state index contributed by atoms with van der Waals surface area (Å²) >= 11 is 0. The van der Waals surface area contributed by atoms with Crippen LogP contribution in [0.5, 0.6) is 0 Å². The van der Waals surface area contributed by atoms with Crippen LogP contribution in [-0.4, -0.2) is 10.9 Å². The Kier molecular flexibility index (Phi) is 3.69. The third-order valence-electron chi connectivity index (χ3n) is 3.06. The molecule has 1 heterocycles. The molecule has 0 fully saturated rings. The Hall–Kier alpha value is -3.01. The van der Waals surface area contributed by atoms with Gasteiger partial charge in [0.15, 0.2) is 0 Å². The summed E-state index contributed by atoms with van der Waals surface area (Å²) in [7, 11) is 0. The molecule has 4 nitrogen and oxygen atoms in total. The molecule has 3 rings (SSSR count). The standard InChI is InChI=1S/C17H15N3O/c21-17(16-12-7-13-18-16)20(15-10-5-2-6-11-15)19-14-8-3-1-4-9-14/h1-13,18-19H. The third-order valence-corrected chi connectivity index (χ3v) is 3.06. The highest BCUT2D eigenvalue weighted by Crippen LogP contribution is 2.18. The van der Waals surface area contributed by atoms with Crippen molar-refractivity contribution >= 4 is 17.3 Å². The Morgan fingerprint density at radius 2 is 1.52 bits per heavy atom. The maximum absolute atomic E-state index is 12.6. The van der Waals surface area contributed by atoms with E-state index in [1.807, 2.05) is 60.7 Å². The molecule has 4 heteroatoms. The van der Waals surface area contributed by atoms with Gasteiger partial charge in [0.25, 0.3) is 5.91 Å². The van der Waals surface area contributed by atoms with Gasteiger partial charge in [0.1, 0.15) is 5.69 Å². The Balaban J connectivity index is 1.93. The number of benzene rings is 2. The zero-order chi connectivity index (χ0) is 14.5. The van der Waals surface area contributed by atoms with Gasteiger partial charge < -0.3 is 4.98 Å². The van der Waals surface area contributed by atoms with Crippen molar-refractivity contribution in [3.63, 3.8) is 0 Å². The van der Waals surface area contributed by atoms with Crippen molar-refractivity contribution in [3.8, 4) is 0 Å². The van der Waals surface area contributed by atoms with E-state index in [9.17, 15) is 4.79 Å². The molecule has 0 saturated heterocycles. The van der Waals surface area contributed by atoms with Crippen molar-refractivity contribution in [2.24, 2.45) is 0 Å². The molecule has 0 aliphatic carbocycles. The molecule has 0 saturated carbocycles. The number of hydrogen-bond donors (Lipinski definition) is 2. The fourth-order valence-corrected chi connectivity index (χ4v) is 2.04. The van der Waals surface area contributed by atoms with E-state index in [0.29, 0.717) is 5.69 Å². The van der Waals surface area contributed by atoms with Crippen LogP contribution >= 0.6 is 0 Å². The smallest absolute Gasteiger partial charge is 0.293 e. The summed E-state index contributed by atoms with van der Waals surface area (Å²) in [6.07, 6.45) is 1.74. The molecule has 0 aliphatic heterocycles. The number of carbonyl (C=O) groups is 1. The van der Waals surface area contributed by atoms with Gasteiger partial charge in [0.2, 0.25) is 0 Å². The minimum Gasteiger partial charge on any atom is -0.357 e. The lowest BCUT2D eigenvalue weighted by atomic mass is 10.3. The van der Waals surface area contributed by atoms with Crippen LogP contribution in [0.25, 0.3) is 0 Å². The maximum Gasteiger partial charge on any atom is 0.293 e. The van der Waals surface area contributed by atoms with Crippen molar-refractivity contribution in [1.82, 2.24) is 4.98 Å². The van der Waals surface area contributed by atoms with Crippen molar-refractivity contribution in [1.29, 1.82) is 0 Å². The van der Waals surface area contributed by atoms with Gasteiger partial charge in [-0.15, -0.1) is 0 Å². The number of amides is 1. The zero-order valence-corrected chi connectivity index (χ0v) is 11.4. The molecule has 0 unspecified atom stereocenters. The second kappa shape index (κ2) is 5.96. The molecule has 0 spiro atoms. The normalized spacial score (nSPS) is 10.1. The molecule has 1 amide bonds. The van der Waals surface area contributed by atoms with Gasteiger partial charge >= 0.3 is 0 Å². The quantitative estimate of drug-likeness (QED) is 0.714. The van der Waals surface area contributed by atoms with E-state index >= 15 is 0 Å². The van der Waals surface area contributed by atoms with Crippen LogP contribution in [0.1, 0.15) is 10.5 Å². The van der Waals surface area contributed by atoms with Crippen molar-refractivity contribution in [2.45, 2.75) is 0 Å². The van der Waals surface area contributed by atoms with Gasteiger partial charge in [-0.2, -0.15) is 0 Å². The fourth-order valence-electron chi connectivity index (χ4n) is 2.04. The average Bonchev–Trinajstić information content (AvgIpc) is 3.08. The first-order valence-corrected chi connectivity index (χ1v) is 6.69. The lowest BCUT2D eigenvalue weighted by molar-refractivity contribution is 0.0988. The molecule has 21 heavy (non-hydrogen) atoms. The van der Waals surface area contributed by atoms with Gasteiger partial charge in [-0.25, -0.2) is 5.01 Å². The number of carbonyl (C=O) groups excluding carboxylic acids is 1. The first kappa shape index (κ1) is 13.0. The highest BCUT2D eigenvalue weighted by molar-refractivity contribution is 6.06. The predicted octanol–water partition coefficient (Wildman–Crippen LogP) is 3.69. The van der Waals surface area contributed by atoms with Crippen LogP contribution < -0.4 is 10.4 Å². The highest BCUT2D eigenvalue weighted by atomic mass is 16.2. The largest absolute Gasteiger partial charge is 0.357 e. The van der Waals surface area contributed by atoms with Gasteiger partial charge in [0.05, 0.1) is 11.4 Å². The van der Waals surface area contributed by atoms with E-state index in [-0.39, 0.29) is 5.91 Å². The molecule has 3 aromatic rings. The van der Waals surface area contributed by atoms with E-state index in [2.05, 4.69) is 10.4 Å². The SMILES string of the molecule is O=C(c1ccc[nH]1)N(Nc1ccccc1)c1ccccc1. The van der Waals surface area contributed by atoms with Gasteiger partial charge in [-0.05, 0) is 36.4 Å². The van der Waals surface area contributed by atoms with Crippen LogP contribution in [0.2, 0.25) is 0 Å². The van der Waals surface area contributed by atoms with Crippen molar-refractivity contribution < 1.29 is 4.79 Å². The average molecular weight is 277 g/mol. The van der Waals surface area contributed by atoms with Crippen LogP contribution in [0.4, 0.5) is 11.4 Å². The Labute approximate surface area is 123 Å². The number of aromatic amines is 1. The number of H-pyrrole nitrogens is 1. The van der Waals surface area contributed by atoms with Gasteiger partial charge in [0, 0.05) is 6.20 Å². The summed E-state index contributed by atoms with van der Waals surface area (Å²) < 4.78 is 0. The topological polar surface area (TPSA) is 48.1 Å². The van der Waals surface area contributed by atoms with Crippen molar-refractivity contribution in [3.05, 3.63) is 84.7 Å². The lowest BCUT2D eigenvalue weighted by Gasteiger charge is -2.24. The monoisotopic (exact) mass is 277 g/mol. The molecular weight excluding hydrogens is 262 g/mol. The predicted molar refractivity (Wildman–Crippen MR) is 84.1 cm³/mol. The Morgan fingerprint density at radius 3 is 2.14 bits per heavy atom. The summed E-state index contributed by atoms with van der Waals surface area (Å²) in [5.74, 6) is -0.143. The molecule has 2 aromatic carbocycles. The van der Waals surface area contributed by atoms with Gasteiger partial charge in [-0.1, -0.05) is 36.4 Å². The van der Waals surface area contributed by atoms with Gasteiger partial charge in [-0.3, -0.25) is 10.2 Å². The number of rotatable bonds is 4. The second-order valence-corrected chi connectivity index (χ2v) is 4.54. The van der Waals surface area contributed by atoms with E-state index in [0.717, 1.165) is 11.4 Å². The molecule has 2 N–H and O–H groups in total. The number of nitrogens with one attached hydrogen (secondary N) is 2. The fraction of sp³-hybridized carbons (Fsp3) is 0. The number of nitrogens with zero attached hydrogens (tertiary/aromatic N) is 1. The maximum atomic E-state index is 12.6. The minimum atomic E-state index is -0.143. The number of hydrogen-bond acceptors (Lipinski definition) is 2. The van der Waals surface area contributed by atoms with Crippen LogP contribution in [0.15, 0.2) is 79.0 Å². The Bertz CT molecular complexity index is 693. The molecule has 0 aliphatic rings. The summed E-state index contributed by atoms with van der Waals surface area (Å²) in [4.78, 5) is 15.6. The minimum absolute atomic E-state index is 0.143. The molecule has 1 aromatic heterocycles. The third kappa shape index (κ3) is 2.95. The van der Waals surface area contributed by atoms with E-state index in [1.54, 1.807) is 18.3 Å². The number of anilines is 2. The lowest BCUT2D eigenvalue weighted by Crippen LogP contribution is -2.36. The first-order chi connectivity index (χ1) is 10.3. The summed E-state index contributed by atoms with van der Waals surface area (Å²) in [6.45, 7) is 0. The molecular formula is C17H15N3O. The van der Waals surface area contributed by atoms with Crippen LogP contribution in [-0.2, 0) is 0 Å². The summed E-state index contributed by atoms with van der Waals surface area (Å²) in [5.41, 5.74) is 5.30. The highest BCUT2D eigenvalue weighted by Gasteiger charge is 2.18. The van der Waals surface area contributed by atoms with E-state index in [4.69, 9.17) is 0 Å². The molecule has 0 atom stereocenters. The molecule has 0 bridgehead atoms. The second-order valence-electron chi connectivity index (χ2n) is 4.54. The molecule has 0 radical (unpaired) electrons. The first-order valence-electron chi connectivity index (χ1n) is 6.69. The summed E-state index contributed by atoms with van der Waals surface area (Å²) in [5, 5.41) is 1.53.